The zero-order valence-electron chi connectivity index (χ0n) is 15.7. The van der Waals surface area contributed by atoms with Gasteiger partial charge in [0.1, 0.15) is 5.60 Å². The second-order valence-corrected chi connectivity index (χ2v) is 7.55. The maximum atomic E-state index is 11.5. The molecule has 0 radical (unpaired) electrons. The SMILES string of the molecule is CC(C)(C)OC(=O)NCCOCCN[C@H]1CCC[C@H]1c1ccccc1. The Kier molecular flexibility index (Phi) is 7.72. The highest BCUT2D eigenvalue weighted by molar-refractivity contribution is 5.67. The highest BCUT2D eigenvalue weighted by Crippen LogP contribution is 2.34. The van der Waals surface area contributed by atoms with E-state index in [4.69, 9.17) is 9.47 Å². The zero-order chi connectivity index (χ0) is 18.1. The number of rotatable bonds is 8. The van der Waals surface area contributed by atoms with Gasteiger partial charge < -0.3 is 20.1 Å². The lowest BCUT2D eigenvalue weighted by Crippen LogP contribution is -2.35. The highest BCUT2D eigenvalue weighted by Gasteiger charge is 2.27. The molecule has 2 atom stereocenters. The molecule has 0 spiro atoms. The summed E-state index contributed by atoms with van der Waals surface area (Å²) in [5.74, 6) is 0.607. The molecule has 2 N–H and O–H groups in total. The fourth-order valence-corrected chi connectivity index (χ4v) is 3.26. The van der Waals surface area contributed by atoms with Crippen LogP contribution in [0.3, 0.4) is 0 Å². The van der Waals surface area contributed by atoms with Crippen molar-refractivity contribution < 1.29 is 14.3 Å². The Hall–Kier alpha value is -1.59. The number of alkyl carbamates (subject to hydrolysis) is 1. The fourth-order valence-electron chi connectivity index (χ4n) is 3.26. The Morgan fingerprint density at radius 1 is 1.12 bits per heavy atom. The summed E-state index contributed by atoms with van der Waals surface area (Å²) in [5, 5.41) is 6.32. The van der Waals surface area contributed by atoms with Crippen molar-refractivity contribution in [3.8, 4) is 0 Å². The van der Waals surface area contributed by atoms with Crippen molar-refractivity contribution in [1.29, 1.82) is 0 Å². The lowest BCUT2D eigenvalue weighted by molar-refractivity contribution is 0.0500. The fraction of sp³-hybridized carbons (Fsp3) is 0.650. The molecule has 0 aliphatic heterocycles. The lowest BCUT2D eigenvalue weighted by atomic mass is 9.94. The van der Waals surface area contributed by atoms with Crippen LogP contribution in [0.1, 0.15) is 51.5 Å². The van der Waals surface area contributed by atoms with E-state index in [9.17, 15) is 4.79 Å². The molecule has 0 aromatic heterocycles. The number of hydrogen-bond acceptors (Lipinski definition) is 4. The van der Waals surface area contributed by atoms with Crippen LogP contribution in [0.4, 0.5) is 4.79 Å². The first kappa shape index (κ1) is 19.7. The zero-order valence-corrected chi connectivity index (χ0v) is 15.7. The molecule has 1 saturated carbocycles. The molecule has 5 nitrogen and oxygen atoms in total. The van der Waals surface area contributed by atoms with Crippen LogP contribution in [0.5, 0.6) is 0 Å². The summed E-state index contributed by atoms with van der Waals surface area (Å²) in [4.78, 5) is 11.5. The van der Waals surface area contributed by atoms with Crippen molar-refractivity contribution in [2.75, 3.05) is 26.3 Å². The first-order chi connectivity index (χ1) is 12.0. The van der Waals surface area contributed by atoms with Crippen LogP contribution in [0.15, 0.2) is 30.3 Å². The van der Waals surface area contributed by atoms with Crippen LogP contribution in [0.25, 0.3) is 0 Å². The maximum absolute atomic E-state index is 11.5. The molecule has 0 saturated heterocycles. The minimum absolute atomic E-state index is 0.397. The van der Waals surface area contributed by atoms with Gasteiger partial charge in [-0.25, -0.2) is 4.79 Å². The van der Waals surface area contributed by atoms with E-state index in [1.54, 1.807) is 0 Å². The molecule has 1 aromatic rings. The van der Waals surface area contributed by atoms with E-state index >= 15 is 0 Å². The van der Waals surface area contributed by atoms with Gasteiger partial charge in [-0.2, -0.15) is 0 Å². The van der Waals surface area contributed by atoms with Gasteiger partial charge in [0.15, 0.2) is 0 Å². The standard InChI is InChI=1S/C20H32N2O3/c1-20(2,3)25-19(23)22-13-15-24-14-12-21-18-11-7-10-17(18)16-8-5-4-6-9-16/h4-6,8-9,17-18,21H,7,10-15H2,1-3H3,(H,22,23)/t17-,18-/m0/s1. The Labute approximate surface area is 151 Å². The van der Waals surface area contributed by atoms with Gasteiger partial charge >= 0.3 is 6.09 Å². The average Bonchev–Trinajstić information content (AvgIpc) is 3.01. The van der Waals surface area contributed by atoms with Gasteiger partial charge in [0, 0.05) is 19.1 Å². The summed E-state index contributed by atoms with van der Waals surface area (Å²) in [6, 6.07) is 11.3. The van der Waals surface area contributed by atoms with Gasteiger partial charge in [0.05, 0.1) is 13.2 Å². The van der Waals surface area contributed by atoms with Crippen LogP contribution in [-0.2, 0) is 9.47 Å². The number of carbonyl (C=O) groups is 1. The molecule has 25 heavy (non-hydrogen) atoms. The van der Waals surface area contributed by atoms with Gasteiger partial charge in [-0.15, -0.1) is 0 Å². The van der Waals surface area contributed by atoms with Crippen molar-refractivity contribution in [2.24, 2.45) is 0 Å². The van der Waals surface area contributed by atoms with Crippen molar-refractivity contribution in [1.82, 2.24) is 10.6 Å². The molecule has 5 heteroatoms. The van der Waals surface area contributed by atoms with E-state index in [0.29, 0.717) is 31.7 Å². The monoisotopic (exact) mass is 348 g/mol. The number of carbonyl (C=O) groups excluding carboxylic acids is 1. The molecule has 0 bridgehead atoms. The van der Waals surface area contributed by atoms with E-state index < -0.39 is 11.7 Å². The Morgan fingerprint density at radius 2 is 1.84 bits per heavy atom. The van der Waals surface area contributed by atoms with Crippen molar-refractivity contribution in [2.45, 2.75) is 57.6 Å². The van der Waals surface area contributed by atoms with Crippen LogP contribution < -0.4 is 10.6 Å². The average molecular weight is 348 g/mol. The summed E-state index contributed by atoms with van der Waals surface area (Å²) in [6.45, 7) is 7.98. The van der Waals surface area contributed by atoms with E-state index in [-0.39, 0.29) is 0 Å². The van der Waals surface area contributed by atoms with Gasteiger partial charge in [0.2, 0.25) is 0 Å². The maximum Gasteiger partial charge on any atom is 0.407 e. The highest BCUT2D eigenvalue weighted by atomic mass is 16.6. The van der Waals surface area contributed by atoms with Crippen LogP contribution in [-0.4, -0.2) is 44.0 Å². The molecular formula is C20H32N2O3. The molecular weight excluding hydrogens is 316 g/mol. The number of amides is 1. The van der Waals surface area contributed by atoms with E-state index in [2.05, 4.69) is 41.0 Å². The molecule has 140 valence electrons. The number of ether oxygens (including phenoxy) is 2. The van der Waals surface area contributed by atoms with Gasteiger partial charge in [-0.05, 0) is 45.1 Å². The predicted octanol–water partition coefficient (Wildman–Crippen LogP) is 3.45. The summed E-state index contributed by atoms with van der Waals surface area (Å²) in [7, 11) is 0. The van der Waals surface area contributed by atoms with Gasteiger partial charge in [-0.3, -0.25) is 0 Å². The summed E-state index contributed by atoms with van der Waals surface area (Å²) in [6.07, 6.45) is 3.35. The Bertz CT molecular complexity index is 513. The third kappa shape index (κ3) is 7.45. The minimum atomic E-state index is -0.467. The van der Waals surface area contributed by atoms with Crippen LogP contribution in [0, 0.1) is 0 Å². The molecule has 2 rings (SSSR count). The van der Waals surface area contributed by atoms with Gasteiger partial charge in [-0.1, -0.05) is 36.8 Å². The third-order valence-electron chi connectivity index (χ3n) is 4.31. The minimum Gasteiger partial charge on any atom is -0.444 e. The quantitative estimate of drug-likeness (QED) is 0.707. The molecule has 1 amide bonds. The molecule has 1 aliphatic rings. The lowest BCUT2D eigenvalue weighted by Gasteiger charge is -2.21. The molecule has 0 heterocycles. The topological polar surface area (TPSA) is 59.6 Å². The molecule has 1 fully saturated rings. The third-order valence-corrected chi connectivity index (χ3v) is 4.31. The number of benzene rings is 1. The van der Waals surface area contributed by atoms with Crippen molar-refractivity contribution in [3.63, 3.8) is 0 Å². The first-order valence-corrected chi connectivity index (χ1v) is 9.28. The van der Waals surface area contributed by atoms with Crippen molar-refractivity contribution in [3.05, 3.63) is 35.9 Å². The molecule has 1 aliphatic carbocycles. The van der Waals surface area contributed by atoms with E-state index in [0.717, 1.165) is 6.54 Å². The number of hydrogen-bond donors (Lipinski definition) is 2. The largest absolute Gasteiger partial charge is 0.444 e. The van der Waals surface area contributed by atoms with E-state index in [1.807, 2.05) is 20.8 Å². The van der Waals surface area contributed by atoms with E-state index in [1.165, 1.54) is 24.8 Å². The Morgan fingerprint density at radius 3 is 2.56 bits per heavy atom. The second-order valence-electron chi connectivity index (χ2n) is 7.55. The van der Waals surface area contributed by atoms with Crippen LogP contribution >= 0.6 is 0 Å². The second kappa shape index (κ2) is 9.78. The van der Waals surface area contributed by atoms with Crippen molar-refractivity contribution >= 4 is 6.09 Å². The van der Waals surface area contributed by atoms with Gasteiger partial charge in [0.25, 0.3) is 0 Å². The first-order valence-electron chi connectivity index (χ1n) is 9.28. The number of nitrogens with one attached hydrogen (secondary N) is 2. The predicted molar refractivity (Wildman–Crippen MR) is 99.9 cm³/mol. The summed E-state index contributed by atoms with van der Waals surface area (Å²) < 4.78 is 10.8. The summed E-state index contributed by atoms with van der Waals surface area (Å²) in [5.41, 5.74) is 0.964. The normalized spacial score (nSPS) is 20.4. The molecule has 1 aromatic carbocycles. The smallest absolute Gasteiger partial charge is 0.407 e. The summed E-state index contributed by atoms with van der Waals surface area (Å²) >= 11 is 0. The Balaban J connectivity index is 1.55. The van der Waals surface area contributed by atoms with Crippen LogP contribution in [0.2, 0.25) is 0 Å². The molecule has 0 unspecified atom stereocenters.